The number of nitrogens with zero attached hydrogens (tertiary/aromatic N) is 1. The van der Waals surface area contributed by atoms with Gasteiger partial charge in [-0.1, -0.05) is 0 Å². The van der Waals surface area contributed by atoms with Crippen molar-refractivity contribution in [2.45, 2.75) is 12.2 Å². The van der Waals surface area contributed by atoms with Crippen LogP contribution in [0.3, 0.4) is 0 Å². The third-order valence-electron chi connectivity index (χ3n) is 3.04. The number of non-ortho nitro benzene ring substituents is 1. The highest BCUT2D eigenvalue weighted by atomic mass is 32.2. The summed E-state index contributed by atoms with van der Waals surface area (Å²) in [6, 6.07) is 4.32. The Morgan fingerprint density at radius 2 is 2.30 bits per heavy atom. The van der Waals surface area contributed by atoms with Crippen molar-refractivity contribution in [2.75, 3.05) is 23.8 Å². The predicted molar refractivity (Wildman–Crippen MR) is 83.7 cm³/mol. The number of nitro groups is 1. The van der Waals surface area contributed by atoms with Gasteiger partial charge in [0.15, 0.2) is 0 Å². The van der Waals surface area contributed by atoms with Crippen molar-refractivity contribution in [2.24, 2.45) is 0 Å². The van der Waals surface area contributed by atoms with E-state index in [1.807, 2.05) is 23.5 Å². The fourth-order valence-electron chi connectivity index (χ4n) is 1.97. The normalized spacial score (nSPS) is 18.6. The number of benzene rings is 1. The summed E-state index contributed by atoms with van der Waals surface area (Å²) in [6.07, 6.45) is 0. The van der Waals surface area contributed by atoms with Crippen LogP contribution >= 0.6 is 23.5 Å². The lowest BCUT2D eigenvalue weighted by Gasteiger charge is -2.21. The molecule has 0 saturated carbocycles. The molecule has 1 aliphatic heterocycles. The van der Waals surface area contributed by atoms with Crippen LogP contribution in [-0.2, 0) is 0 Å². The highest BCUT2D eigenvalue weighted by Gasteiger charge is 2.17. The maximum absolute atomic E-state index is 12.1. The highest BCUT2D eigenvalue weighted by molar-refractivity contribution is 8.06. The summed E-state index contributed by atoms with van der Waals surface area (Å²) >= 11 is 3.80. The van der Waals surface area contributed by atoms with Gasteiger partial charge in [0, 0.05) is 46.7 Å². The van der Waals surface area contributed by atoms with Gasteiger partial charge < -0.3 is 5.32 Å². The second kappa shape index (κ2) is 6.99. The molecule has 1 heterocycles. The van der Waals surface area contributed by atoms with E-state index in [1.165, 1.54) is 24.0 Å². The molecule has 0 aliphatic carbocycles. The molecule has 108 valence electrons. The first-order valence-electron chi connectivity index (χ1n) is 6.30. The molecule has 5 nitrogen and oxygen atoms in total. The standard InChI is InChI=1S/C13H16N2O3S2/c1-9-6-10(15(17)18)2-3-12(9)13(16)14-7-11-8-19-4-5-20-11/h2-3,6,11H,4-5,7-8H2,1H3,(H,14,16)/t11-/m1/s1. The molecule has 1 fully saturated rings. The lowest BCUT2D eigenvalue weighted by molar-refractivity contribution is -0.384. The second-order valence-electron chi connectivity index (χ2n) is 4.53. The molecule has 1 amide bonds. The summed E-state index contributed by atoms with van der Waals surface area (Å²) in [5.74, 6) is 3.20. The number of rotatable bonds is 4. The average Bonchev–Trinajstić information content (AvgIpc) is 2.45. The van der Waals surface area contributed by atoms with E-state index in [4.69, 9.17) is 0 Å². The number of carbonyl (C=O) groups is 1. The maximum Gasteiger partial charge on any atom is 0.269 e. The van der Waals surface area contributed by atoms with Crippen LogP contribution in [0.1, 0.15) is 15.9 Å². The van der Waals surface area contributed by atoms with Crippen molar-refractivity contribution < 1.29 is 9.72 Å². The Bertz CT molecular complexity index is 516. The molecule has 0 spiro atoms. The maximum atomic E-state index is 12.1. The van der Waals surface area contributed by atoms with Gasteiger partial charge in [0.2, 0.25) is 0 Å². The summed E-state index contributed by atoms with van der Waals surface area (Å²) in [5, 5.41) is 14.0. The lowest BCUT2D eigenvalue weighted by atomic mass is 10.1. The Labute approximate surface area is 126 Å². The molecule has 0 unspecified atom stereocenters. The van der Waals surface area contributed by atoms with E-state index >= 15 is 0 Å². The van der Waals surface area contributed by atoms with Gasteiger partial charge in [0.1, 0.15) is 0 Å². The van der Waals surface area contributed by atoms with E-state index in [-0.39, 0.29) is 11.6 Å². The number of carbonyl (C=O) groups excluding carboxylic acids is 1. The van der Waals surface area contributed by atoms with Crippen LogP contribution in [0.5, 0.6) is 0 Å². The molecular formula is C13H16N2O3S2. The molecule has 0 aromatic heterocycles. The first kappa shape index (κ1) is 15.2. The fourth-order valence-corrected chi connectivity index (χ4v) is 4.58. The van der Waals surface area contributed by atoms with Gasteiger partial charge in [0.05, 0.1) is 4.92 Å². The van der Waals surface area contributed by atoms with Crippen LogP contribution in [0.2, 0.25) is 0 Å². The average molecular weight is 312 g/mol. The topological polar surface area (TPSA) is 72.2 Å². The molecule has 0 bridgehead atoms. The van der Waals surface area contributed by atoms with Crippen LogP contribution < -0.4 is 5.32 Å². The van der Waals surface area contributed by atoms with Crippen molar-refractivity contribution >= 4 is 35.1 Å². The Morgan fingerprint density at radius 1 is 1.50 bits per heavy atom. The second-order valence-corrected chi connectivity index (χ2v) is 7.09. The molecule has 1 saturated heterocycles. The van der Waals surface area contributed by atoms with E-state index in [0.29, 0.717) is 22.9 Å². The Balaban J connectivity index is 1.96. The third kappa shape index (κ3) is 3.89. The minimum absolute atomic E-state index is 0.0123. The molecular weight excluding hydrogens is 296 g/mol. The molecule has 2 rings (SSSR count). The number of aryl methyl sites for hydroxylation is 1. The van der Waals surface area contributed by atoms with Gasteiger partial charge in [-0.3, -0.25) is 14.9 Å². The monoisotopic (exact) mass is 312 g/mol. The van der Waals surface area contributed by atoms with Crippen LogP contribution in [0.15, 0.2) is 18.2 Å². The molecule has 7 heteroatoms. The van der Waals surface area contributed by atoms with Crippen molar-refractivity contribution in [3.05, 3.63) is 39.4 Å². The van der Waals surface area contributed by atoms with E-state index in [2.05, 4.69) is 5.32 Å². The van der Waals surface area contributed by atoms with Crippen LogP contribution in [0.4, 0.5) is 5.69 Å². The number of hydrogen-bond donors (Lipinski definition) is 1. The van der Waals surface area contributed by atoms with E-state index in [9.17, 15) is 14.9 Å². The molecule has 1 aromatic rings. The number of nitrogens with one attached hydrogen (secondary N) is 1. The van der Waals surface area contributed by atoms with Gasteiger partial charge in [-0.05, 0) is 18.6 Å². The number of hydrogen-bond acceptors (Lipinski definition) is 5. The summed E-state index contributed by atoms with van der Waals surface area (Å²) in [4.78, 5) is 22.3. The minimum Gasteiger partial charge on any atom is -0.351 e. The van der Waals surface area contributed by atoms with E-state index < -0.39 is 4.92 Å². The van der Waals surface area contributed by atoms with E-state index in [0.717, 1.165) is 11.5 Å². The number of thioether (sulfide) groups is 2. The van der Waals surface area contributed by atoms with Gasteiger partial charge in [-0.15, -0.1) is 0 Å². The third-order valence-corrected chi connectivity index (χ3v) is 5.89. The molecule has 1 N–H and O–H groups in total. The number of nitro benzene ring substituents is 1. The van der Waals surface area contributed by atoms with Crippen molar-refractivity contribution in [3.8, 4) is 0 Å². The summed E-state index contributed by atoms with van der Waals surface area (Å²) in [7, 11) is 0. The predicted octanol–water partition coefficient (Wildman–Crippen LogP) is 2.48. The zero-order valence-electron chi connectivity index (χ0n) is 11.1. The molecule has 0 radical (unpaired) electrons. The summed E-state index contributed by atoms with van der Waals surface area (Å²) < 4.78 is 0. The van der Waals surface area contributed by atoms with E-state index in [1.54, 1.807) is 6.92 Å². The Morgan fingerprint density at radius 3 is 2.90 bits per heavy atom. The lowest BCUT2D eigenvalue weighted by Crippen LogP contribution is -2.33. The molecule has 1 atom stereocenters. The first-order valence-corrected chi connectivity index (χ1v) is 8.51. The van der Waals surface area contributed by atoms with Gasteiger partial charge in [-0.2, -0.15) is 23.5 Å². The van der Waals surface area contributed by atoms with Gasteiger partial charge >= 0.3 is 0 Å². The van der Waals surface area contributed by atoms with Crippen LogP contribution in [0, 0.1) is 17.0 Å². The van der Waals surface area contributed by atoms with Crippen LogP contribution in [-0.4, -0.2) is 39.9 Å². The largest absolute Gasteiger partial charge is 0.351 e. The summed E-state index contributed by atoms with van der Waals surface area (Å²) in [6.45, 7) is 2.36. The fraction of sp³-hybridized carbons (Fsp3) is 0.462. The molecule has 20 heavy (non-hydrogen) atoms. The van der Waals surface area contributed by atoms with Crippen molar-refractivity contribution in [1.29, 1.82) is 0 Å². The first-order chi connectivity index (χ1) is 9.58. The summed E-state index contributed by atoms with van der Waals surface area (Å²) in [5.41, 5.74) is 1.14. The van der Waals surface area contributed by atoms with Crippen molar-refractivity contribution in [3.63, 3.8) is 0 Å². The zero-order chi connectivity index (χ0) is 14.5. The smallest absolute Gasteiger partial charge is 0.269 e. The quantitative estimate of drug-likeness (QED) is 0.683. The van der Waals surface area contributed by atoms with Crippen LogP contribution in [0.25, 0.3) is 0 Å². The Hall–Kier alpha value is -1.21. The number of amides is 1. The van der Waals surface area contributed by atoms with Gasteiger partial charge in [-0.25, -0.2) is 0 Å². The molecule has 1 aliphatic rings. The van der Waals surface area contributed by atoms with Gasteiger partial charge in [0.25, 0.3) is 11.6 Å². The molecule has 1 aromatic carbocycles. The van der Waals surface area contributed by atoms with Crippen molar-refractivity contribution in [1.82, 2.24) is 5.32 Å². The zero-order valence-corrected chi connectivity index (χ0v) is 12.8. The SMILES string of the molecule is Cc1cc([N+](=O)[O-])ccc1C(=O)NC[C@@H]1CSCCS1. The minimum atomic E-state index is -0.454. The highest BCUT2D eigenvalue weighted by Crippen LogP contribution is 2.23. The Kier molecular flexibility index (Phi) is 5.31.